The lowest BCUT2D eigenvalue weighted by Crippen LogP contribution is -2.64. The topological polar surface area (TPSA) is 133 Å². The number of halogens is 3. The van der Waals surface area contributed by atoms with Gasteiger partial charge in [0.2, 0.25) is 0 Å². The molecular weight excluding hydrogens is 637 g/mol. The van der Waals surface area contributed by atoms with Crippen molar-refractivity contribution in [3.8, 4) is 17.3 Å². The van der Waals surface area contributed by atoms with Crippen LogP contribution in [-0.2, 0) is 9.47 Å². The van der Waals surface area contributed by atoms with Crippen molar-refractivity contribution in [3.63, 3.8) is 0 Å². The smallest absolute Gasteiger partial charge is 0.319 e. The summed E-state index contributed by atoms with van der Waals surface area (Å²) in [6.07, 6.45) is 1.10. The van der Waals surface area contributed by atoms with E-state index in [0.29, 0.717) is 39.3 Å². The van der Waals surface area contributed by atoms with Gasteiger partial charge < -0.3 is 30.2 Å². The standard InChI is InChI=1S/C31H33F3N8O4S/c32-15-6-31(4-1-5-40(31)9-15)14-46-30-38-24-21(27(39-30)41-16-7-36-8-17(41)11-44-10-16)28(43)42(18-12-45-13-18)25(22(24)34)19-2-3-20(33)26-23(19)37-29(35)47-26/h2-3,15-18,36H,1,4-14H2,(H2,35,37)/t15-,16?,17?,31+/m1/s1. The number of pyridine rings is 1. The van der Waals surface area contributed by atoms with Crippen LogP contribution >= 0.6 is 11.3 Å². The summed E-state index contributed by atoms with van der Waals surface area (Å²) >= 11 is 0.950. The van der Waals surface area contributed by atoms with E-state index in [4.69, 9.17) is 24.9 Å². The summed E-state index contributed by atoms with van der Waals surface area (Å²) in [5.41, 5.74) is 5.06. The van der Waals surface area contributed by atoms with Crippen molar-refractivity contribution < 1.29 is 27.4 Å². The zero-order chi connectivity index (χ0) is 32.0. The van der Waals surface area contributed by atoms with E-state index < -0.39 is 34.9 Å². The number of benzene rings is 1. The zero-order valence-corrected chi connectivity index (χ0v) is 26.2. The molecule has 16 heteroatoms. The Morgan fingerprint density at radius 1 is 1.06 bits per heavy atom. The Morgan fingerprint density at radius 2 is 1.83 bits per heavy atom. The van der Waals surface area contributed by atoms with Crippen molar-refractivity contribution in [2.45, 2.75) is 49.1 Å². The molecule has 3 N–H and O–H groups in total. The van der Waals surface area contributed by atoms with Crippen LogP contribution in [0, 0.1) is 11.6 Å². The fourth-order valence-corrected chi connectivity index (χ4v) is 8.92. The van der Waals surface area contributed by atoms with Crippen molar-refractivity contribution in [2.75, 3.05) is 69.8 Å². The summed E-state index contributed by atoms with van der Waals surface area (Å²) in [5, 5.41) is 3.54. The van der Waals surface area contributed by atoms with Crippen LogP contribution in [0.3, 0.4) is 0 Å². The van der Waals surface area contributed by atoms with E-state index in [2.05, 4.69) is 20.2 Å². The van der Waals surface area contributed by atoms with Crippen LogP contribution < -0.4 is 26.2 Å². The van der Waals surface area contributed by atoms with Gasteiger partial charge in [0, 0.05) is 31.6 Å². The van der Waals surface area contributed by atoms with E-state index in [0.717, 1.165) is 30.7 Å². The highest BCUT2D eigenvalue weighted by Gasteiger charge is 2.49. The maximum absolute atomic E-state index is 17.4. The molecule has 5 aliphatic rings. The molecule has 0 radical (unpaired) electrons. The van der Waals surface area contributed by atoms with Crippen LogP contribution in [-0.4, -0.2) is 107 Å². The number of hydrogen-bond donors (Lipinski definition) is 2. The molecule has 0 aliphatic carbocycles. The number of thiazole rings is 1. The van der Waals surface area contributed by atoms with E-state index in [1.807, 2.05) is 4.90 Å². The largest absolute Gasteiger partial charge is 0.461 e. The van der Waals surface area contributed by atoms with Gasteiger partial charge in [0.05, 0.1) is 66.0 Å². The number of hydrogen-bond acceptors (Lipinski definition) is 12. The first kappa shape index (κ1) is 29.6. The molecule has 248 valence electrons. The molecule has 9 rings (SSSR count). The Balaban J connectivity index is 1.27. The number of nitrogen functional groups attached to an aromatic ring is 1. The van der Waals surface area contributed by atoms with E-state index in [-0.39, 0.29) is 81.2 Å². The number of morpholine rings is 1. The number of nitrogens with two attached hydrogens (primary N) is 1. The number of aromatic nitrogens is 4. The van der Waals surface area contributed by atoms with Gasteiger partial charge in [-0.3, -0.25) is 14.3 Å². The molecule has 3 aromatic heterocycles. The predicted octanol–water partition coefficient (Wildman–Crippen LogP) is 2.63. The molecule has 1 aromatic carbocycles. The second-order valence-corrected chi connectivity index (χ2v) is 14.2. The summed E-state index contributed by atoms with van der Waals surface area (Å²) in [6, 6.07) is 1.72. The zero-order valence-electron chi connectivity index (χ0n) is 25.4. The van der Waals surface area contributed by atoms with Crippen molar-refractivity contribution >= 4 is 43.4 Å². The molecular formula is C31H33F3N8O4S. The average molecular weight is 671 g/mol. The Kier molecular flexibility index (Phi) is 6.91. The molecule has 4 atom stereocenters. The molecule has 5 saturated heterocycles. The van der Waals surface area contributed by atoms with Crippen molar-refractivity contribution in [2.24, 2.45) is 0 Å². The van der Waals surface area contributed by atoms with Crippen LogP contribution in [0.15, 0.2) is 16.9 Å². The van der Waals surface area contributed by atoms with Crippen molar-refractivity contribution in [3.05, 3.63) is 34.1 Å². The molecule has 2 bridgehead atoms. The normalized spacial score (nSPS) is 27.9. The number of rotatable bonds is 6. The average Bonchev–Trinajstić information content (AvgIpc) is 3.69. The third kappa shape index (κ3) is 4.55. The summed E-state index contributed by atoms with van der Waals surface area (Å²) in [7, 11) is 0. The lowest BCUT2D eigenvalue weighted by atomic mass is 9.95. The molecule has 8 heterocycles. The first-order chi connectivity index (χ1) is 22.8. The highest BCUT2D eigenvalue weighted by molar-refractivity contribution is 7.22. The molecule has 2 unspecified atom stereocenters. The number of anilines is 2. The minimum Gasteiger partial charge on any atom is -0.461 e. The number of fused-ring (bicyclic) bond motifs is 5. The maximum Gasteiger partial charge on any atom is 0.319 e. The van der Waals surface area contributed by atoms with Gasteiger partial charge in [-0.15, -0.1) is 0 Å². The van der Waals surface area contributed by atoms with E-state index in [1.54, 1.807) is 0 Å². The summed E-state index contributed by atoms with van der Waals surface area (Å²) in [5.74, 6) is -1.07. The maximum atomic E-state index is 17.4. The minimum absolute atomic E-state index is 0.0193. The van der Waals surface area contributed by atoms with Gasteiger partial charge in [-0.05, 0) is 31.5 Å². The predicted molar refractivity (Wildman–Crippen MR) is 169 cm³/mol. The van der Waals surface area contributed by atoms with Crippen LogP contribution in [0.2, 0.25) is 0 Å². The SMILES string of the molecule is Nc1nc2c(-c3c(F)c4nc(OC[C@@]56CCCN5C[C@H](F)C6)nc(N5C6CNCC5COC6)c4c(=O)n3C3COC3)ccc(F)c2s1. The van der Waals surface area contributed by atoms with Gasteiger partial charge in [-0.2, -0.15) is 9.97 Å². The van der Waals surface area contributed by atoms with Crippen LogP contribution in [0.25, 0.3) is 32.4 Å². The number of ether oxygens (including phenoxy) is 3. The lowest BCUT2D eigenvalue weighted by Gasteiger charge is -2.47. The summed E-state index contributed by atoms with van der Waals surface area (Å²) in [4.78, 5) is 32.6. The van der Waals surface area contributed by atoms with Crippen molar-refractivity contribution in [1.82, 2.24) is 29.7 Å². The quantitative estimate of drug-likeness (QED) is 0.314. The monoisotopic (exact) mass is 670 g/mol. The third-order valence-corrected chi connectivity index (χ3v) is 11.2. The van der Waals surface area contributed by atoms with Gasteiger partial charge >= 0.3 is 6.01 Å². The van der Waals surface area contributed by atoms with Gasteiger partial charge in [0.15, 0.2) is 10.9 Å². The molecule has 47 heavy (non-hydrogen) atoms. The van der Waals surface area contributed by atoms with Gasteiger partial charge in [-0.1, -0.05) is 11.3 Å². The molecule has 4 aromatic rings. The highest BCUT2D eigenvalue weighted by Crippen LogP contribution is 2.42. The molecule has 5 fully saturated rings. The molecule has 5 aliphatic heterocycles. The van der Waals surface area contributed by atoms with E-state index >= 15 is 4.39 Å². The summed E-state index contributed by atoms with van der Waals surface area (Å²) < 4.78 is 65.9. The summed E-state index contributed by atoms with van der Waals surface area (Å²) in [6.45, 7) is 3.62. The fourth-order valence-electron chi connectivity index (χ4n) is 8.15. The van der Waals surface area contributed by atoms with Gasteiger partial charge in [0.25, 0.3) is 5.56 Å². The molecule has 0 saturated carbocycles. The highest BCUT2D eigenvalue weighted by atomic mass is 32.1. The molecule has 0 amide bonds. The first-order valence-electron chi connectivity index (χ1n) is 16.0. The lowest BCUT2D eigenvalue weighted by molar-refractivity contribution is -0.0241. The van der Waals surface area contributed by atoms with Crippen LogP contribution in [0.5, 0.6) is 6.01 Å². The Labute approximate surface area is 270 Å². The molecule has 12 nitrogen and oxygen atoms in total. The second kappa shape index (κ2) is 11.0. The first-order valence-corrected chi connectivity index (χ1v) is 16.8. The van der Waals surface area contributed by atoms with Crippen LogP contribution in [0.4, 0.5) is 24.1 Å². The molecule has 0 spiro atoms. The Hall–Kier alpha value is -3.57. The number of nitrogens with zero attached hydrogens (tertiary/aromatic N) is 6. The number of nitrogens with one attached hydrogen (secondary N) is 1. The van der Waals surface area contributed by atoms with Gasteiger partial charge in [0.1, 0.15) is 35.3 Å². The third-order valence-electron chi connectivity index (χ3n) is 10.4. The fraction of sp³-hybridized carbons (Fsp3) is 0.548. The van der Waals surface area contributed by atoms with Crippen molar-refractivity contribution in [1.29, 1.82) is 0 Å². The van der Waals surface area contributed by atoms with Gasteiger partial charge in [-0.25, -0.2) is 18.2 Å². The minimum atomic E-state index is -0.951. The second-order valence-electron chi connectivity index (χ2n) is 13.2. The Morgan fingerprint density at radius 3 is 2.60 bits per heavy atom. The Bertz CT molecular complexity index is 1950. The van der Waals surface area contributed by atoms with E-state index in [9.17, 15) is 13.6 Å². The number of alkyl halides is 1. The number of piperazine rings is 1. The van der Waals surface area contributed by atoms with Crippen LogP contribution in [0.1, 0.15) is 25.3 Å². The van der Waals surface area contributed by atoms with E-state index in [1.165, 1.54) is 16.7 Å².